The van der Waals surface area contributed by atoms with Crippen LogP contribution in [0.25, 0.3) is 10.8 Å². The zero-order valence-electron chi connectivity index (χ0n) is 20.8. The van der Waals surface area contributed by atoms with Crippen LogP contribution in [-0.4, -0.2) is 76.9 Å². The highest BCUT2D eigenvalue weighted by Gasteiger charge is 2.08. The van der Waals surface area contributed by atoms with Crippen molar-refractivity contribution in [1.29, 1.82) is 0 Å². The molecule has 0 unspecified atom stereocenters. The van der Waals surface area contributed by atoms with Crippen LogP contribution in [0.3, 0.4) is 0 Å². The minimum absolute atomic E-state index is 0.0881. The van der Waals surface area contributed by atoms with Gasteiger partial charge in [-0.1, -0.05) is 25.3 Å². The molecular formula is C26H30N2O10. The zero-order chi connectivity index (χ0) is 27.6. The van der Waals surface area contributed by atoms with E-state index in [-0.39, 0.29) is 52.7 Å². The SMILES string of the molecule is C=CC(=O)OCCOCCNC(=O)Oc1ccc2ccc(OC(=O)NCCOCCOC(=O)C=C)cc2c1. The minimum atomic E-state index is -0.668. The molecule has 0 aliphatic carbocycles. The van der Waals surface area contributed by atoms with Crippen molar-refractivity contribution in [2.24, 2.45) is 0 Å². The highest BCUT2D eigenvalue weighted by molar-refractivity contribution is 5.86. The topological polar surface area (TPSA) is 148 Å². The van der Waals surface area contributed by atoms with Crippen LogP contribution >= 0.6 is 0 Å². The number of ether oxygens (including phenoxy) is 6. The number of fused-ring (bicyclic) bond motifs is 1. The van der Waals surface area contributed by atoms with Crippen LogP contribution in [0.1, 0.15) is 0 Å². The normalized spacial score (nSPS) is 10.2. The molecule has 0 bridgehead atoms. The molecule has 12 heteroatoms. The van der Waals surface area contributed by atoms with Crippen LogP contribution < -0.4 is 20.1 Å². The number of carbonyl (C=O) groups excluding carboxylic acids is 4. The van der Waals surface area contributed by atoms with Gasteiger partial charge in [-0.3, -0.25) is 0 Å². The first-order chi connectivity index (χ1) is 18.4. The van der Waals surface area contributed by atoms with Crippen LogP contribution in [0.15, 0.2) is 61.7 Å². The van der Waals surface area contributed by atoms with Crippen molar-refractivity contribution >= 4 is 34.9 Å². The smallest absolute Gasteiger partial charge is 0.412 e. The van der Waals surface area contributed by atoms with E-state index in [1.807, 2.05) is 0 Å². The third-order valence-corrected chi connectivity index (χ3v) is 4.51. The van der Waals surface area contributed by atoms with E-state index in [0.717, 1.165) is 17.5 Å². The van der Waals surface area contributed by atoms with Gasteiger partial charge < -0.3 is 39.1 Å². The van der Waals surface area contributed by atoms with E-state index in [2.05, 4.69) is 23.8 Å². The molecule has 12 nitrogen and oxygen atoms in total. The van der Waals surface area contributed by atoms with Gasteiger partial charge in [0.2, 0.25) is 0 Å². The predicted molar refractivity (Wildman–Crippen MR) is 136 cm³/mol. The molecule has 38 heavy (non-hydrogen) atoms. The molecule has 0 aromatic heterocycles. The summed E-state index contributed by atoms with van der Waals surface area (Å²) >= 11 is 0. The van der Waals surface area contributed by atoms with Gasteiger partial charge in [0.15, 0.2) is 0 Å². The second-order valence-electron chi connectivity index (χ2n) is 7.27. The van der Waals surface area contributed by atoms with Gasteiger partial charge in [-0.05, 0) is 35.0 Å². The average Bonchev–Trinajstić information content (AvgIpc) is 2.91. The third-order valence-electron chi connectivity index (χ3n) is 4.51. The lowest BCUT2D eigenvalue weighted by molar-refractivity contribution is -0.140. The molecule has 2 amide bonds. The van der Waals surface area contributed by atoms with Gasteiger partial charge in [-0.15, -0.1) is 0 Å². The Bertz CT molecular complexity index is 1040. The van der Waals surface area contributed by atoms with Crippen LogP contribution in [0, 0.1) is 0 Å². The van der Waals surface area contributed by atoms with Gasteiger partial charge >= 0.3 is 24.1 Å². The van der Waals surface area contributed by atoms with E-state index in [1.54, 1.807) is 36.4 Å². The summed E-state index contributed by atoms with van der Waals surface area (Å²) in [6.45, 7) is 7.93. The maximum Gasteiger partial charge on any atom is 0.412 e. The van der Waals surface area contributed by atoms with E-state index < -0.39 is 24.1 Å². The van der Waals surface area contributed by atoms with Gasteiger partial charge in [0.05, 0.1) is 26.4 Å². The van der Waals surface area contributed by atoms with Gasteiger partial charge in [0.1, 0.15) is 24.7 Å². The maximum absolute atomic E-state index is 12.0. The number of carbonyl (C=O) groups is 4. The summed E-state index contributed by atoms with van der Waals surface area (Å²) in [5.41, 5.74) is 0. The second-order valence-corrected chi connectivity index (χ2v) is 7.27. The molecule has 0 spiro atoms. The van der Waals surface area contributed by atoms with Gasteiger partial charge in [-0.25, -0.2) is 19.2 Å². The molecule has 2 N–H and O–H groups in total. The lowest BCUT2D eigenvalue weighted by atomic mass is 10.1. The zero-order valence-corrected chi connectivity index (χ0v) is 20.8. The quantitative estimate of drug-likeness (QED) is 0.188. The van der Waals surface area contributed by atoms with Gasteiger partial charge in [0, 0.05) is 25.2 Å². The summed E-state index contributed by atoms with van der Waals surface area (Å²) in [6.07, 6.45) is 0.786. The fourth-order valence-corrected chi connectivity index (χ4v) is 2.79. The molecule has 0 fully saturated rings. The standard InChI is InChI=1S/C26H30N2O10/c1-3-23(29)35-15-13-33-11-9-27-25(31)37-21-7-5-19-6-8-22(18-20(19)17-21)38-26(32)28-10-12-34-14-16-36-24(30)4-2/h3-8,17-18H,1-2,9-16H2,(H,27,31)(H,28,32). The Morgan fingerprint density at radius 3 is 1.50 bits per heavy atom. The summed E-state index contributed by atoms with van der Waals surface area (Å²) in [6, 6.07) is 10.1. The van der Waals surface area contributed by atoms with Gasteiger partial charge in [0.25, 0.3) is 0 Å². The first-order valence-corrected chi connectivity index (χ1v) is 11.6. The van der Waals surface area contributed by atoms with Crippen molar-refractivity contribution in [3.05, 3.63) is 61.7 Å². The Hall–Kier alpha value is -4.42. The van der Waals surface area contributed by atoms with Crippen molar-refractivity contribution in [1.82, 2.24) is 10.6 Å². The fourth-order valence-electron chi connectivity index (χ4n) is 2.79. The number of hydrogen-bond acceptors (Lipinski definition) is 10. The molecule has 0 saturated carbocycles. The Balaban J connectivity index is 1.70. The van der Waals surface area contributed by atoms with E-state index >= 15 is 0 Å². The summed E-state index contributed by atoms with van der Waals surface area (Å²) in [7, 11) is 0. The molecule has 2 rings (SSSR count). The molecular weight excluding hydrogens is 500 g/mol. The highest BCUT2D eigenvalue weighted by Crippen LogP contribution is 2.25. The van der Waals surface area contributed by atoms with Crippen molar-refractivity contribution in [3.63, 3.8) is 0 Å². The molecule has 0 heterocycles. The van der Waals surface area contributed by atoms with Crippen LogP contribution in [0.2, 0.25) is 0 Å². The van der Waals surface area contributed by atoms with Crippen molar-refractivity contribution in [2.45, 2.75) is 0 Å². The molecule has 0 radical (unpaired) electrons. The van der Waals surface area contributed by atoms with Crippen LogP contribution in [0.4, 0.5) is 9.59 Å². The Kier molecular flexibility index (Phi) is 13.4. The molecule has 2 aromatic rings. The highest BCUT2D eigenvalue weighted by atomic mass is 16.6. The van der Waals surface area contributed by atoms with E-state index in [1.165, 1.54) is 0 Å². The predicted octanol–water partition coefficient (Wildman–Crippen LogP) is 2.51. The van der Waals surface area contributed by atoms with E-state index in [0.29, 0.717) is 16.9 Å². The number of benzene rings is 2. The summed E-state index contributed by atoms with van der Waals surface area (Å²) in [5, 5.41) is 6.63. The van der Waals surface area contributed by atoms with Crippen LogP contribution in [-0.2, 0) is 28.5 Å². The largest absolute Gasteiger partial charge is 0.460 e. The number of nitrogens with one attached hydrogen (secondary N) is 2. The number of rotatable bonds is 16. The Morgan fingerprint density at radius 1 is 0.632 bits per heavy atom. The minimum Gasteiger partial charge on any atom is -0.460 e. The number of hydrogen-bond donors (Lipinski definition) is 2. The first kappa shape index (κ1) is 29.8. The molecule has 2 aromatic carbocycles. The lowest BCUT2D eigenvalue weighted by Gasteiger charge is -2.10. The van der Waals surface area contributed by atoms with Crippen molar-refractivity contribution in [2.75, 3.05) is 52.7 Å². The van der Waals surface area contributed by atoms with Gasteiger partial charge in [-0.2, -0.15) is 0 Å². The molecule has 0 saturated heterocycles. The van der Waals surface area contributed by atoms with E-state index in [9.17, 15) is 19.2 Å². The van der Waals surface area contributed by atoms with Crippen molar-refractivity contribution in [3.8, 4) is 11.5 Å². The molecule has 0 aliphatic heterocycles. The fraction of sp³-hybridized carbons (Fsp3) is 0.308. The molecule has 0 aliphatic rings. The Labute approximate surface area is 219 Å². The second kappa shape index (κ2) is 17.1. The number of amides is 2. The number of esters is 2. The third kappa shape index (κ3) is 12.0. The monoisotopic (exact) mass is 530 g/mol. The van der Waals surface area contributed by atoms with Crippen LogP contribution in [0.5, 0.6) is 11.5 Å². The first-order valence-electron chi connectivity index (χ1n) is 11.6. The molecule has 204 valence electrons. The molecule has 0 atom stereocenters. The summed E-state index contributed by atoms with van der Waals surface area (Å²) in [4.78, 5) is 45.8. The Morgan fingerprint density at radius 2 is 1.08 bits per heavy atom. The maximum atomic E-state index is 12.0. The summed E-state index contributed by atoms with van der Waals surface area (Å²) in [5.74, 6) is -0.469. The lowest BCUT2D eigenvalue weighted by Crippen LogP contribution is -2.30. The average molecular weight is 531 g/mol. The summed E-state index contributed by atoms with van der Waals surface area (Å²) < 4.78 is 30.5. The van der Waals surface area contributed by atoms with Crippen molar-refractivity contribution < 1.29 is 47.6 Å². The van der Waals surface area contributed by atoms with E-state index in [4.69, 9.17) is 28.4 Å².